The molecular weight excluding hydrogens is 132 g/mol. The SMILES string of the molecule is C=C(N/C(C)=C\N)SC. The molecule has 0 atom stereocenters. The third kappa shape index (κ3) is 3.97. The maximum Gasteiger partial charge on any atom is 0.0647 e. The summed E-state index contributed by atoms with van der Waals surface area (Å²) in [5, 5.41) is 3.90. The Bertz CT molecular complexity index is 129. The van der Waals surface area contributed by atoms with Crippen LogP contribution in [0.5, 0.6) is 0 Å². The number of hydrogen-bond donors (Lipinski definition) is 2. The summed E-state index contributed by atoms with van der Waals surface area (Å²) in [6.45, 7) is 5.61. The van der Waals surface area contributed by atoms with Crippen LogP contribution in [-0.2, 0) is 0 Å². The second-order valence-corrected chi connectivity index (χ2v) is 2.50. The molecule has 3 heteroatoms. The summed E-state index contributed by atoms with van der Waals surface area (Å²) in [6.07, 6.45) is 3.47. The molecule has 0 rings (SSSR count). The smallest absolute Gasteiger partial charge is 0.0647 e. The van der Waals surface area contributed by atoms with Crippen molar-refractivity contribution in [1.29, 1.82) is 0 Å². The quantitative estimate of drug-likeness (QED) is 0.625. The Balaban J connectivity index is 3.60. The van der Waals surface area contributed by atoms with Crippen molar-refractivity contribution in [2.24, 2.45) is 5.73 Å². The van der Waals surface area contributed by atoms with Gasteiger partial charge in [0.05, 0.1) is 5.03 Å². The molecule has 0 bridgehead atoms. The van der Waals surface area contributed by atoms with Crippen molar-refractivity contribution in [1.82, 2.24) is 5.32 Å². The Kier molecular flexibility index (Phi) is 4.05. The summed E-state index contributed by atoms with van der Waals surface area (Å²) in [7, 11) is 0. The third-order valence-electron chi connectivity index (χ3n) is 0.833. The van der Waals surface area contributed by atoms with Gasteiger partial charge in [-0.1, -0.05) is 6.58 Å². The van der Waals surface area contributed by atoms with Gasteiger partial charge < -0.3 is 11.1 Å². The Morgan fingerprint density at radius 3 is 2.67 bits per heavy atom. The highest BCUT2D eigenvalue weighted by Crippen LogP contribution is 2.04. The predicted octanol–water partition coefficient (Wildman–Crippen LogP) is 1.23. The third-order valence-corrected chi connectivity index (χ3v) is 1.43. The Labute approximate surface area is 60.2 Å². The van der Waals surface area contributed by atoms with Crippen molar-refractivity contribution in [2.45, 2.75) is 6.92 Å². The molecular formula is C6H12N2S. The average molecular weight is 144 g/mol. The summed E-state index contributed by atoms with van der Waals surface area (Å²) in [6, 6.07) is 0. The molecule has 0 radical (unpaired) electrons. The maximum absolute atomic E-state index is 5.20. The molecule has 0 aromatic rings. The van der Waals surface area contributed by atoms with Gasteiger partial charge in [0.25, 0.3) is 0 Å². The number of nitrogens with two attached hydrogens (primary N) is 1. The Morgan fingerprint density at radius 1 is 1.78 bits per heavy atom. The fraction of sp³-hybridized carbons (Fsp3) is 0.333. The van der Waals surface area contributed by atoms with Gasteiger partial charge in [0.15, 0.2) is 0 Å². The van der Waals surface area contributed by atoms with Gasteiger partial charge in [0, 0.05) is 11.9 Å². The number of allylic oxidation sites excluding steroid dienone is 1. The van der Waals surface area contributed by atoms with Crippen LogP contribution in [0.3, 0.4) is 0 Å². The maximum atomic E-state index is 5.20. The van der Waals surface area contributed by atoms with Gasteiger partial charge in [-0.25, -0.2) is 0 Å². The van der Waals surface area contributed by atoms with Gasteiger partial charge >= 0.3 is 0 Å². The summed E-state index contributed by atoms with van der Waals surface area (Å²) < 4.78 is 0. The van der Waals surface area contributed by atoms with E-state index in [1.54, 1.807) is 11.8 Å². The Morgan fingerprint density at radius 2 is 2.33 bits per heavy atom. The molecule has 0 spiro atoms. The highest BCUT2D eigenvalue weighted by molar-refractivity contribution is 8.02. The first-order valence-corrected chi connectivity index (χ1v) is 3.81. The van der Waals surface area contributed by atoms with Crippen LogP contribution >= 0.6 is 11.8 Å². The van der Waals surface area contributed by atoms with Crippen LogP contribution in [0, 0.1) is 0 Å². The lowest BCUT2D eigenvalue weighted by molar-refractivity contribution is 1.03. The second-order valence-electron chi connectivity index (χ2n) is 1.60. The molecule has 0 aromatic heterocycles. The van der Waals surface area contributed by atoms with Crippen LogP contribution in [0.25, 0.3) is 0 Å². The first kappa shape index (κ1) is 8.43. The first-order chi connectivity index (χ1) is 4.20. The summed E-state index contributed by atoms with van der Waals surface area (Å²) >= 11 is 1.57. The summed E-state index contributed by atoms with van der Waals surface area (Å²) in [5.41, 5.74) is 6.13. The van der Waals surface area contributed by atoms with E-state index in [9.17, 15) is 0 Å². The van der Waals surface area contributed by atoms with Crippen molar-refractivity contribution in [2.75, 3.05) is 6.26 Å². The summed E-state index contributed by atoms with van der Waals surface area (Å²) in [4.78, 5) is 0. The highest BCUT2D eigenvalue weighted by atomic mass is 32.2. The molecule has 0 saturated carbocycles. The molecule has 0 saturated heterocycles. The van der Waals surface area contributed by atoms with Gasteiger partial charge in [-0.3, -0.25) is 0 Å². The molecule has 9 heavy (non-hydrogen) atoms. The van der Waals surface area contributed by atoms with E-state index in [2.05, 4.69) is 11.9 Å². The molecule has 0 fully saturated rings. The van der Waals surface area contributed by atoms with Gasteiger partial charge in [-0.05, 0) is 13.2 Å². The number of hydrogen-bond acceptors (Lipinski definition) is 3. The molecule has 3 N–H and O–H groups in total. The minimum Gasteiger partial charge on any atom is -0.403 e. The van der Waals surface area contributed by atoms with Gasteiger partial charge in [0.2, 0.25) is 0 Å². The van der Waals surface area contributed by atoms with Gasteiger partial charge in [0.1, 0.15) is 0 Å². The van der Waals surface area contributed by atoms with Crippen molar-refractivity contribution in [3.63, 3.8) is 0 Å². The van der Waals surface area contributed by atoms with E-state index in [0.717, 1.165) is 10.7 Å². The van der Waals surface area contributed by atoms with Crippen molar-refractivity contribution in [3.05, 3.63) is 23.5 Å². The van der Waals surface area contributed by atoms with E-state index in [1.165, 1.54) is 6.20 Å². The number of rotatable bonds is 3. The van der Waals surface area contributed by atoms with Crippen LogP contribution < -0.4 is 11.1 Å². The van der Waals surface area contributed by atoms with E-state index < -0.39 is 0 Å². The first-order valence-electron chi connectivity index (χ1n) is 2.59. The van der Waals surface area contributed by atoms with Crippen molar-refractivity contribution >= 4 is 11.8 Å². The lowest BCUT2D eigenvalue weighted by Gasteiger charge is -2.04. The van der Waals surface area contributed by atoms with Crippen LogP contribution in [0.15, 0.2) is 23.5 Å². The molecule has 0 heterocycles. The predicted molar refractivity (Wildman–Crippen MR) is 43.7 cm³/mol. The van der Waals surface area contributed by atoms with E-state index in [4.69, 9.17) is 5.73 Å². The zero-order valence-corrected chi connectivity index (χ0v) is 6.59. The van der Waals surface area contributed by atoms with Crippen LogP contribution in [-0.4, -0.2) is 6.26 Å². The zero-order chi connectivity index (χ0) is 7.28. The highest BCUT2D eigenvalue weighted by Gasteiger charge is 1.87. The number of nitrogens with one attached hydrogen (secondary N) is 1. The fourth-order valence-electron chi connectivity index (χ4n) is 0.313. The van der Waals surface area contributed by atoms with Gasteiger partial charge in [-0.2, -0.15) is 0 Å². The van der Waals surface area contributed by atoms with Crippen molar-refractivity contribution < 1.29 is 0 Å². The zero-order valence-electron chi connectivity index (χ0n) is 5.77. The molecule has 0 aliphatic carbocycles. The molecule has 52 valence electrons. The van der Waals surface area contributed by atoms with Crippen LogP contribution in [0.2, 0.25) is 0 Å². The molecule has 0 aliphatic heterocycles. The molecule has 2 nitrogen and oxygen atoms in total. The van der Waals surface area contributed by atoms with E-state index in [1.807, 2.05) is 13.2 Å². The minimum absolute atomic E-state index is 0.911. The second kappa shape index (κ2) is 4.32. The van der Waals surface area contributed by atoms with E-state index in [0.29, 0.717) is 0 Å². The fourth-order valence-corrected chi connectivity index (χ4v) is 0.576. The Hall–Kier alpha value is -0.570. The van der Waals surface area contributed by atoms with Gasteiger partial charge in [-0.15, -0.1) is 11.8 Å². The van der Waals surface area contributed by atoms with E-state index >= 15 is 0 Å². The lowest BCUT2D eigenvalue weighted by atomic mass is 10.5. The molecule has 0 aromatic carbocycles. The summed E-state index contributed by atoms with van der Waals surface area (Å²) in [5.74, 6) is 0. The molecule has 0 unspecified atom stereocenters. The lowest BCUT2D eigenvalue weighted by Crippen LogP contribution is -2.07. The normalized spacial score (nSPS) is 11.1. The molecule has 0 aliphatic rings. The van der Waals surface area contributed by atoms with Crippen molar-refractivity contribution in [3.8, 4) is 0 Å². The largest absolute Gasteiger partial charge is 0.403 e. The standard InChI is InChI=1S/C6H12N2S/c1-5(4-7)8-6(2)9-3/h4,8H,2,7H2,1,3H3/b5-4-. The van der Waals surface area contributed by atoms with Crippen LogP contribution in [0.4, 0.5) is 0 Å². The monoisotopic (exact) mass is 144 g/mol. The minimum atomic E-state index is 0.911. The van der Waals surface area contributed by atoms with Crippen LogP contribution in [0.1, 0.15) is 6.92 Å². The average Bonchev–Trinajstić information content (AvgIpc) is 1.87. The van der Waals surface area contributed by atoms with E-state index in [-0.39, 0.29) is 0 Å². The molecule has 0 amide bonds. The number of thioether (sulfide) groups is 1. The topological polar surface area (TPSA) is 38.0 Å².